The van der Waals surface area contributed by atoms with Gasteiger partial charge in [0.25, 0.3) is 0 Å². The molecule has 2 atom stereocenters. The molecular weight excluding hydrogens is 304 g/mol. The molecule has 0 aliphatic carbocycles. The first-order valence-electron chi connectivity index (χ1n) is 6.56. The van der Waals surface area contributed by atoms with E-state index in [2.05, 4.69) is 26.1 Å². The number of hydrogen-bond donors (Lipinski definition) is 1. The summed E-state index contributed by atoms with van der Waals surface area (Å²) in [5.74, 6) is 0.321. The predicted octanol–water partition coefficient (Wildman–Crippen LogP) is 2.83. The minimum atomic E-state index is -0.152. The van der Waals surface area contributed by atoms with E-state index < -0.39 is 0 Å². The number of carbonyl (C=O) groups is 1. The van der Waals surface area contributed by atoms with E-state index >= 15 is 0 Å². The van der Waals surface area contributed by atoms with Gasteiger partial charge < -0.3 is 10.2 Å². The van der Waals surface area contributed by atoms with Crippen LogP contribution in [0.5, 0.6) is 0 Å². The average molecular weight is 327 g/mol. The molecule has 1 rings (SSSR count). The lowest BCUT2D eigenvalue weighted by Gasteiger charge is -2.25. The zero-order chi connectivity index (χ0) is 14.4. The van der Waals surface area contributed by atoms with Crippen molar-refractivity contribution in [2.24, 2.45) is 5.92 Å². The van der Waals surface area contributed by atoms with E-state index in [-0.39, 0.29) is 22.7 Å². The monoisotopic (exact) mass is 326 g/mol. The molecule has 0 radical (unpaired) electrons. The highest BCUT2D eigenvalue weighted by molar-refractivity contribution is 9.10. The van der Waals surface area contributed by atoms with Gasteiger partial charge in [0.1, 0.15) is 0 Å². The van der Waals surface area contributed by atoms with Crippen LogP contribution >= 0.6 is 15.9 Å². The van der Waals surface area contributed by atoms with Crippen molar-refractivity contribution < 1.29 is 4.79 Å². The Morgan fingerprint density at radius 1 is 1.26 bits per heavy atom. The molecule has 0 saturated heterocycles. The van der Waals surface area contributed by atoms with Crippen LogP contribution in [-0.2, 0) is 4.79 Å². The molecule has 1 N–H and O–H groups in total. The Hall–Kier alpha value is -0.870. The van der Waals surface area contributed by atoms with Crippen molar-refractivity contribution in [2.45, 2.75) is 24.7 Å². The Labute approximate surface area is 124 Å². The second-order valence-corrected chi connectivity index (χ2v) is 6.37. The Morgan fingerprint density at radius 3 is 2.32 bits per heavy atom. The van der Waals surface area contributed by atoms with Crippen molar-refractivity contribution in [3.05, 3.63) is 35.9 Å². The molecule has 0 fully saturated rings. The number of rotatable bonds is 6. The molecule has 0 heterocycles. The lowest BCUT2D eigenvalue weighted by molar-refractivity contribution is -0.121. The van der Waals surface area contributed by atoms with Crippen LogP contribution in [0.1, 0.15) is 25.5 Å². The number of amides is 1. The summed E-state index contributed by atoms with van der Waals surface area (Å²) in [6.07, 6.45) is 0. The molecule has 2 unspecified atom stereocenters. The Balaban J connectivity index is 2.79. The highest BCUT2D eigenvalue weighted by Gasteiger charge is 2.22. The largest absolute Gasteiger partial charge is 0.347 e. The summed E-state index contributed by atoms with van der Waals surface area (Å²) in [5.41, 5.74) is 1.13. The van der Waals surface area contributed by atoms with Crippen LogP contribution < -0.4 is 5.32 Å². The van der Waals surface area contributed by atoms with Crippen molar-refractivity contribution in [1.82, 2.24) is 10.2 Å². The fraction of sp³-hybridized carbons (Fsp3) is 0.533. The summed E-state index contributed by atoms with van der Waals surface area (Å²) in [7, 11) is 4.02. The molecule has 106 valence electrons. The molecule has 0 aromatic heterocycles. The normalized spacial score (nSPS) is 14.5. The lowest BCUT2D eigenvalue weighted by atomic mass is 10.1. The number of hydrogen-bond acceptors (Lipinski definition) is 2. The van der Waals surface area contributed by atoms with E-state index in [0.717, 1.165) is 12.1 Å². The van der Waals surface area contributed by atoms with Crippen LogP contribution in [0.4, 0.5) is 0 Å². The third kappa shape index (κ3) is 5.33. The number of likely N-dealkylation sites (N-methyl/N-ethyl adjacent to an activating group) is 1. The minimum absolute atomic E-state index is 0.0162. The number of benzene rings is 1. The van der Waals surface area contributed by atoms with Crippen LogP contribution in [0, 0.1) is 5.92 Å². The number of nitrogens with zero attached hydrogens (tertiary/aromatic N) is 1. The van der Waals surface area contributed by atoms with Gasteiger partial charge in [0, 0.05) is 6.54 Å². The smallest absolute Gasteiger partial charge is 0.234 e. The first kappa shape index (κ1) is 16.2. The first-order chi connectivity index (χ1) is 8.91. The van der Waals surface area contributed by atoms with Crippen LogP contribution in [0.15, 0.2) is 30.3 Å². The van der Waals surface area contributed by atoms with Gasteiger partial charge in [-0.15, -0.1) is 0 Å². The minimum Gasteiger partial charge on any atom is -0.347 e. The molecule has 4 heteroatoms. The standard InChI is InChI=1S/C15H23BrN2O/c1-11(2)14(16)15(19)17-13(10-18(3)4)12-8-6-5-7-9-12/h5-9,11,13-14H,10H2,1-4H3,(H,17,19). The third-order valence-corrected chi connectivity index (χ3v) is 4.38. The van der Waals surface area contributed by atoms with Gasteiger partial charge in [-0.2, -0.15) is 0 Å². The van der Waals surface area contributed by atoms with E-state index in [1.165, 1.54) is 0 Å². The van der Waals surface area contributed by atoms with Crippen molar-refractivity contribution in [1.29, 1.82) is 0 Å². The van der Waals surface area contributed by atoms with Crippen LogP contribution in [0.2, 0.25) is 0 Å². The average Bonchev–Trinajstić information content (AvgIpc) is 2.37. The molecule has 1 aromatic rings. The fourth-order valence-electron chi connectivity index (χ4n) is 1.84. The number of carbonyl (C=O) groups excluding carboxylic acids is 1. The van der Waals surface area contributed by atoms with E-state index in [1.54, 1.807) is 0 Å². The van der Waals surface area contributed by atoms with E-state index in [1.807, 2.05) is 58.3 Å². The molecule has 0 spiro atoms. The quantitative estimate of drug-likeness (QED) is 0.815. The van der Waals surface area contributed by atoms with Gasteiger partial charge in [-0.05, 0) is 25.6 Å². The third-order valence-electron chi connectivity index (χ3n) is 2.90. The Morgan fingerprint density at radius 2 is 1.84 bits per heavy atom. The second-order valence-electron chi connectivity index (χ2n) is 5.38. The summed E-state index contributed by atoms with van der Waals surface area (Å²) >= 11 is 3.45. The first-order valence-corrected chi connectivity index (χ1v) is 7.47. The van der Waals surface area contributed by atoms with Gasteiger partial charge in [0.05, 0.1) is 10.9 Å². The van der Waals surface area contributed by atoms with Gasteiger partial charge in [-0.3, -0.25) is 4.79 Å². The maximum Gasteiger partial charge on any atom is 0.234 e. The van der Waals surface area contributed by atoms with Crippen molar-refractivity contribution >= 4 is 21.8 Å². The Bertz CT molecular complexity index is 392. The van der Waals surface area contributed by atoms with Crippen molar-refractivity contribution in [3.8, 4) is 0 Å². The number of nitrogens with one attached hydrogen (secondary N) is 1. The van der Waals surface area contributed by atoms with Crippen LogP contribution in [0.3, 0.4) is 0 Å². The van der Waals surface area contributed by atoms with E-state index in [9.17, 15) is 4.79 Å². The van der Waals surface area contributed by atoms with Crippen LogP contribution in [-0.4, -0.2) is 36.3 Å². The van der Waals surface area contributed by atoms with Gasteiger partial charge in [-0.25, -0.2) is 0 Å². The number of alkyl halides is 1. The molecule has 0 saturated carbocycles. The van der Waals surface area contributed by atoms with Gasteiger partial charge in [0.2, 0.25) is 5.91 Å². The molecule has 0 aliphatic rings. The maximum atomic E-state index is 12.2. The molecule has 1 amide bonds. The van der Waals surface area contributed by atoms with Gasteiger partial charge >= 0.3 is 0 Å². The fourth-order valence-corrected chi connectivity index (χ4v) is 1.97. The predicted molar refractivity (Wildman–Crippen MR) is 83.4 cm³/mol. The van der Waals surface area contributed by atoms with E-state index in [0.29, 0.717) is 0 Å². The van der Waals surface area contributed by atoms with E-state index in [4.69, 9.17) is 0 Å². The van der Waals surface area contributed by atoms with Gasteiger partial charge in [-0.1, -0.05) is 60.1 Å². The SMILES string of the molecule is CC(C)C(Br)C(=O)NC(CN(C)C)c1ccccc1. The summed E-state index contributed by atoms with van der Waals surface area (Å²) in [6, 6.07) is 10.1. The molecule has 1 aromatic carbocycles. The molecule has 0 bridgehead atoms. The van der Waals surface area contributed by atoms with Gasteiger partial charge in [0.15, 0.2) is 0 Å². The Kier molecular flexibility index (Phi) is 6.52. The summed E-state index contributed by atoms with van der Waals surface area (Å²) in [5, 5.41) is 3.12. The zero-order valence-electron chi connectivity index (χ0n) is 12.1. The molecule has 0 aliphatic heterocycles. The van der Waals surface area contributed by atoms with Crippen molar-refractivity contribution in [3.63, 3.8) is 0 Å². The lowest BCUT2D eigenvalue weighted by Crippen LogP contribution is -2.40. The molecule has 19 heavy (non-hydrogen) atoms. The summed E-state index contributed by atoms with van der Waals surface area (Å²) < 4.78 is 0. The molecule has 3 nitrogen and oxygen atoms in total. The topological polar surface area (TPSA) is 32.3 Å². The highest BCUT2D eigenvalue weighted by Crippen LogP contribution is 2.17. The number of halogens is 1. The second kappa shape index (κ2) is 7.65. The zero-order valence-corrected chi connectivity index (χ0v) is 13.6. The maximum absolute atomic E-state index is 12.2. The highest BCUT2D eigenvalue weighted by atomic mass is 79.9. The van der Waals surface area contributed by atoms with Crippen molar-refractivity contribution in [2.75, 3.05) is 20.6 Å². The summed E-state index contributed by atoms with van der Waals surface area (Å²) in [4.78, 5) is 14.1. The summed E-state index contributed by atoms with van der Waals surface area (Å²) in [6.45, 7) is 4.85. The van der Waals surface area contributed by atoms with Crippen LogP contribution in [0.25, 0.3) is 0 Å². The molecular formula is C15H23BrN2O.